The van der Waals surface area contributed by atoms with Gasteiger partial charge in [0.1, 0.15) is 22.7 Å². The van der Waals surface area contributed by atoms with Gasteiger partial charge in [-0.3, -0.25) is 0 Å². The van der Waals surface area contributed by atoms with E-state index < -0.39 is 46.4 Å². The molecule has 0 fully saturated rings. The van der Waals surface area contributed by atoms with Crippen LogP contribution >= 0.6 is 23.2 Å². The molecule has 2 aromatic heterocycles. The molecular formula is C22H16Cl2O7. The van der Waals surface area contributed by atoms with Gasteiger partial charge in [0.15, 0.2) is 0 Å². The summed E-state index contributed by atoms with van der Waals surface area (Å²) in [6.45, 7) is 2.61. The van der Waals surface area contributed by atoms with Crippen molar-refractivity contribution in [1.29, 1.82) is 0 Å². The van der Waals surface area contributed by atoms with Crippen molar-refractivity contribution in [3.8, 4) is 11.5 Å². The highest BCUT2D eigenvalue weighted by atomic mass is 35.5. The molecule has 0 atom stereocenters. The number of fused-ring (bicyclic) bond motifs is 2. The molecule has 3 N–H and O–H groups in total. The summed E-state index contributed by atoms with van der Waals surface area (Å²) in [5.41, 5.74) is -1.35. The minimum atomic E-state index is -1.43. The van der Waals surface area contributed by atoms with Gasteiger partial charge in [0, 0.05) is 10.0 Å². The lowest BCUT2D eigenvalue weighted by molar-refractivity contribution is 0.270. The minimum Gasteiger partial charge on any atom is -0.507 e. The summed E-state index contributed by atoms with van der Waals surface area (Å²) in [5, 5.41) is 32.6. The topological polar surface area (TPSA) is 121 Å². The van der Waals surface area contributed by atoms with Crippen LogP contribution in [-0.4, -0.2) is 21.9 Å². The van der Waals surface area contributed by atoms with E-state index in [1.165, 1.54) is 24.3 Å². The Morgan fingerprint density at radius 2 is 1.19 bits per heavy atom. The van der Waals surface area contributed by atoms with Gasteiger partial charge in [-0.25, -0.2) is 9.59 Å². The summed E-state index contributed by atoms with van der Waals surface area (Å²) >= 11 is 12.3. The molecule has 0 spiro atoms. The van der Waals surface area contributed by atoms with E-state index in [0.717, 1.165) is 0 Å². The molecule has 0 aliphatic heterocycles. The molecular weight excluding hydrogens is 447 g/mol. The summed E-state index contributed by atoms with van der Waals surface area (Å²) in [4.78, 5) is 25.4. The van der Waals surface area contributed by atoms with Crippen molar-refractivity contribution in [3.63, 3.8) is 0 Å². The third kappa shape index (κ3) is 3.35. The van der Waals surface area contributed by atoms with Crippen molar-refractivity contribution in [2.45, 2.75) is 19.8 Å². The fraction of sp³-hybridized carbons (Fsp3) is 0.182. The number of benzene rings is 2. The van der Waals surface area contributed by atoms with Crippen LogP contribution < -0.4 is 11.3 Å². The van der Waals surface area contributed by atoms with E-state index in [0.29, 0.717) is 21.2 Å². The molecule has 0 saturated carbocycles. The number of aryl methyl sites for hydroxylation is 2. The highest BCUT2D eigenvalue weighted by Gasteiger charge is 2.31. The third-order valence-corrected chi connectivity index (χ3v) is 6.08. The molecule has 9 heteroatoms. The first-order valence-corrected chi connectivity index (χ1v) is 9.92. The number of aromatic hydroxyl groups is 2. The second-order valence-electron chi connectivity index (χ2n) is 7.23. The van der Waals surface area contributed by atoms with Crippen molar-refractivity contribution >= 4 is 45.1 Å². The number of rotatable bonds is 3. The molecule has 31 heavy (non-hydrogen) atoms. The monoisotopic (exact) mass is 462 g/mol. The maximum Gasteiger partial charge on any atom is 0.343 e. The fourth-order valence-corrected chi connectivity index (χ4v) is 3.91. The van der Waals surface area contributed by atoms with Crippen LogP contribution in [-0.2, 0) is 0 Å². The molecule has 0 unspecified atom stereocenters. The summed E-state index contributed by atoms with van der Waals surface area (Å²) in [6.07, 6.45) is 0. The van der Waals surface area contributed by atoms with Crippen molar-refractivity contribution in [2.24, 2.45) is 0 Å². The molecule has 0 amide bonds. The number of halogens is 2. The van der Waals surface area contributed by atoms with Gasteiger partial charge in [0.25, 0.3) is 0 Å². The second-order valence-corrected chi connectivity index (χ2v) is 8.05. The summed E-state index contributed by atoms with van der Waals surface area (Å²) in [6, 6.07) is 5.80. The van der Waals surface area contributed by atoms with Crippen LogP contribution in [0.15, 0.2) is 42.7 Å². The van der Waals surface area contributed by atoms with E-state index >= 15 is 0 Å². The Kier molecular flexibility index (Phi) is 5.21. The van der Waals surface area contributed by atoms with Crippen LogP contribution in [0.3, 0.4) is 0 Å². The van der Waals surface area contributed by atoms with Crippen LogP contribution in [0, 0.1) is 13.8 Å². The highest BCUT2D eigenvalue weighted by molar-refractivity contribution is 6.32. The van der Waals surface area contributed by atoms with Gasteiger partial charge in [0.05, 0.1) is 34.4 Å². The maximum atomic E-state index is 12.7. The van der Waals surface area contributed by atoms with Crippen LogP contribution in [0.25, 0.3) is 21.9 Å². The van der Waals surface area contributed by atoms with Gasteiger partial charge in [-0.05, 0) is 49.2 Å². The lowest BCUT2D eigenvalue weighted by Gasteiger charge is -2.17. The van der Waals surface area contributed by atoms with E-state index in [2.05, 4.69) is 0 Å². The average molecular weight is 463 g/mol. The van der Waals surface area contributed by atoms with Crippen molar-refractivity contribution in [2.75, 3.05) is 6.61 Å². The largest absolute Gasteiger partial charge is 0.507 e. The summed E-state index contributed by atoms with van der Waals surface area (Å²) < 4.78 is 10.6. The van der Waals surface area contributed by atoms with Gasteiger partial charge in [-0.15, -0.1) is 0 Å². The van der Waals surface area contributed by atoms with Gasteiger partial charge >= 0.3 is 11.3 Å². The number of aliphatic hydroxyl groups is 1. The molecule has 4 aromatic rings. The average Bonchev–Trinajstić information content (AvgIpc) is 2.70. The van der Waals surface area contributed by atoms with E-state index in [-0.39, 0.29) is 21.9 Å². The van der Waals surface area contributed by atoms with E-state index in [9.17, 15) is 24.9 Å². The molecule has 4 rings (SSSR count). The summed E-state index contributed by atoms with van der Waals surface area (Å²) in [5.74, 6) is -2.47. The van der Waals surface area contributed by atoms with E-state index in [1.54, 1.807) is 13.8 Å². The lowest BCUT2D eigenvalue weighted by Crippen LogP contribution is -2.22. The molecule has 2 heterocycles. The first-order chi connectivity index (χ1) is 14.6. The van der Waals surface area contributed by atoms with Gasteiger partial charge in [-0.1, -0.05) is 23.2 Å². The standard InChI is InChI=1S/C22H16Cl2O7/c1-8-3-15-10(5-13(8)23)19(26)17(21(28)30-15)12(7-25)18-20(27)11-6-14(24)9(2)4-16(11)31-22(18)29/h3-6,12,25-27H,7H2,1-2H3. The Hall–Kier alpha value is -3.00. The maximum absolute atomic E-state index is 12.7. The number of hydrogen-bond donors (Lipinski definition) is 3. The molecule has 160 valence electrons. The van der Waals surface area contributed by atoms with Crippen LogP contribution in [0.5, 0.6) is 11.5 Å². The van der Waals surface area contributed by atoms with Gasteiger partial charge in [-0.2, -0.15) is 0 Å². The minimum absolute atomic E-state index is 0.0851. The predicted molar refractivity (Wildman–Crippen MR) is 117 cm³/mol. The normalized spacial score (nSPS) is 11.7. The van der Waals surface area contributed by atoms with Crippen LogP contribution in [0.1, 0.15) is 28.2 Å². The van der Waals surface area contributed by atoms with E-state index in [4.69, 9.17) is 32.0 Å². The SMILES string of the molecule is Cc1cc2oc(=O)c(C(CO)c3c(O)c4cc(Cl)c(C)cc4oc3=O)c(O)c2cc1Cl. The fourth-order valence-electron chi connectivity index (χ4n) is 3.58. The Bertz CT molecular complexity index is 1370. The lowest BCUT2D eigenvalue weighted by atomic mass is 9.91. The van der Waals surface area contributed by atoms with Gasteiger partial charge < -0.3 is 24.2 Å². The summed E-state index contributed by atoms with van der Waals surface area (Å²) in [7, 11) is 0. The quantitative estimate of drug-likeness (QED) is 0.386. The highest BCUT2D eigenvalue weighted by Crippen LogP contribution is 2.40. The van der Waals surface area contributed by atoms with E-state index in [1.807, 2.05) is 0 Å². The number of aliphatic hydroxyl groups excluding tert-OH is 1. The molecule has 0 saturated heterocycles. The smallest absolute Gasteiger partial charge is 0.343 e. The first kappa shape index (κ1) is 21.2. The van der Waals surface area contributed by atoms with Crippen molar-refractivity contribution < 1.29 is 24.2 Å². The molecule has 7 nitrogen and oxygen atoms in total. The molecule has 2 aromatic carbocycles. The molecule has 0 aliphatic carbocycles. The third-order valence-electron chi connectivity index (χ3n) is 5.27. The zero-order valence-corrected chi connectivity index (χ0v) is 17.8. The molecule has 0 bridgehead atoms. The Morgan fingerprint density at radius 1 is 0.806 bits per heavy atom. The zero-order chi connectivity index (χ0) is 22.6. The Morgan fingerprint density at radius 3 is 1.55 bits per heavy atom. The van der Waals surface area contributed by atoms with Crippen LogP contribution in [0.2, 0.25) is 10.0 Å². The second kappa shape index (κ2) is 7.60. The Balaban J connectivity index is 2.04. The Labute approximate surface area is 184 Å². The van der Waals surface area contributed by atoms with Crippen molar-refractivity contribution in [3.05, 3.63) is 77.4 Å². The first-order valence-electron chi connectivity index (χ1n) is 9.16. The van der Waals surface area contributed by atoms with Gasteiger partial charge in [0.2, 0.25) is 0 Å². The molecule has 0 aliphatic rings. The zero-order valence-electron chi connectivity index (χ0n) is 16.3. The predicted octanol–water partition coefficient (Wildman–Crippen LogP) is 4.36. The molecule has 0 radical (unpaired) electrons. The number of hydrogen-bond acceptors (Lipinski definition) is 7. The van der Waals surface area contributed by atoms with Crippen LogP contribution in [0.4, 0.5) is 0 Å². The van der Waals surface area contributed by atoms with Crippen molar-refractivity contribution in [1.82, 2.24) is 0 Å².